The van der Waals surface area contributed by atoms with Gasteiger partial charge in [0.2, 0.25) is 0 Å². The molecular weight excluding hydrogens is 305 g/mol. The molecule has 1 N–H and O–H groups in total. The lowest BCUT2D eigenvalue weighted by atomic mass is 10.2. The Bertz CT molecular complexity index is 587. The summed E-state index contributed by atoms with van der Waals surface area (Å²) in [4.78, 5) is 0. The van der Waals surface area contributed by atoms with Gasteiger partial charge in [-0.1, -0.05) is 34.8 Å². The molecule has 0 saturated carbocycles. The maximum atomic E-state index is 6.10. The van der Waals surface area contributed by atoms with Crippen LogP contribution in [-0.4, -0.2) is 7.11 Å². The average molecular weight is 317 g/mol. The van der Waals surface area contributed by atoms with Gasteiger partial charge in [0.25, 0.3) is 0 Å². The molecule has 2 aromatic rings. The Morgan fingerprint density at radius 1 is 1.00 bits per heavy atom. The van der Waals surface area contributed by atoms with Gasteiger partial charge in [-0.15, -0.1) is 0 Å². The van der Waals surface area contributed by atoms with E-state index in [4.69, 9.17) is 39.5 Å². The first kappa shape index (κ1) is 14.3. The van der Waals surface area contributed by atoms with Crippen molar-refractivity contribution in [1.29, 1.82) is 0 Å². The van der Waals surface area contributed by atoms with Crippen LogP contribution in [0.4, 0.5) is 5.69 Å². The van der Waals surface area contributed by atoms with Crippen molar-refractivity contribution < 1.29 is 4.74 Å². The Kier molecular flexibility index (Phi) is 4.81. The Hall–Kier alpha value is -1.09. The minimum atomic E-state index is 0.560. The predicted octanol–water partition coefficient (Wildman–Crippen LogP) is 5.27. The fourth-order valence-corrected chi connectivity index (χ4v) is 2.29. The molecule has 0 spiro atoms. The van der Waals surface area contributed by atoms with E-state index in [1.54, 1.807) is 25.3 Å². The lowest BCUT2D eigenvalue weighted by Gasteiger charge is -2.10. The molecule has 2 nitrogen and oxygen atoms in total. The number of halogens is 3. The zero-order chi connectivity index (χ0) is 13.8. The lowest BCUT2D eigenvalue weighted by molar-refractivity contribution is 0.415. The maximum Gasteiger partial charge on any atom is 0.137 e. The normalized spacial score (nSPS) is 10.3. The number of methoxy groups -OCH3 is 1. The van der Waals surface area contributed by atoms with Gasteiger partial charge >= 0.3 is 0 Å². The third-order valence-electron chi connectivity index (χ3n) is 2.64. The molecule has 0 radical (unpaired) electrons. The van der Waals surface area contributed by atoms with Crippen molar-refractivity contribution in [3.63, 3.8) is 0 Å². The van der Waals surface area contributed by atoms with Crippen molar-refractivity contribution >= 4 is 40.5 Å². The fraction of sp³-hybridized carbons (Fsp3) is 0.143. The molecule has 0 atom stereocenters. The molecule has 100 valence electrons. The molecule has 0 unspecified atom stereocenters. The SMILES string of the molecule is COc1ccc(NCc2cc(Cl)ccc2Cl)cc1Cl. The molecule has 2 rings (SSSR count). The van der Waals surface area contributed by atoms with Crippen molar-refractivity contribution in [3.8, 4) is 5.75 Å². The third-order valence-corrected chi connectivity index (χ3v) is 3.54. The molecule has 0 aromatic heterocycles. The number of hydrogen-bond acceptors (Lipinski definition) is 2. The number of benzene rings is 2. The Morgan fingerprint density at radius 3 is 2.47 bits per heavy atom. The van der Waals surface area contributed by atoms with E-state index in [9.17, 15) is 0 Å². The van der Waals surface area contributed by atoms with Crippen LogP contribution in [0, 0.1) is 0 Å². The second-order valence-corrected chi connectivity index (χ2v) is 5.19. The van der Waals surface area contributed by atoms with Crippen molar-refractivity contribution in [1.82, 2.24) is 0 Å². The number of hydrogen-bond donors (Lipinski definition) is 1. The van der Waals surface area contributed by atoms with E-state index >= 15 is 0 Å². The topological polar surface area (TPSA) is 21.3 Å². The van der Waals surface area contributed by atoms with E-state index in [1.165, 1.54) is 0 Å². The lowest BCUT2D eigenvalue weighted by Crippen LogP contribution is -2.00. The molecular formula is C14H12Cl3NO. The predicted molar refractivity (Wildman–Crippen MR) is 81.8 cm³/mol. The van der Waals surface area contributed by atoms with Gasteiger partial charge in [0, 0.05) is 22.3 Å². The second kappa shape index (κ2) is 6.38. The maximum absolute atomic E-state index is 6.10. The highest BCUT2D eigenvalue weighted by Crippen LogP contribution is 2.28. The monoisotopic (exact) mass is 315 g/mol. The van der Waals surface area contributed by atoms with Crippen LogP contribution < -0.4 is 10.1 Å². The number of rotatable bonds is 4. The van der Waals surface area contributed by atoms with Crippen LogP contribution in [0.3, 0.4) is 0 Å². The standard InChI is InChI=1S/C14H12Cl3NO/c1-19-14-5-3-11(7-13(14)17)18-8-9-6-10(15)2-4-12(9)16/h2-7,18H,8H2,1H3. The quantitative estimate of drug-likeness (QED) is 0.830. The molecule has 0 aliphatic carbocycles. The summed E-state index contributed by atoms with van der Waals surface area (Å²) in [5.41, 5.74) is 1.82. The summed E-state index contributed by atoms with van der Waals surface area (Å²) in [5, 5.41) is 5.14. The van der Waals surface area contributed by atoms with Crippen molar-refractivity contribution in [3.05, 3.63) is 57.0 Å². The zero-order valence-electron chi connectivity index (χ0n) is 10.2. The van der Waals surface area contributed by atoms with E-state index in [2.05, 4.69) is 5.32 Å². The summed E-state index contributed by atoms with van der Waals surface area (Å²) in [5.74, 6) is 0.646. The smallest absolute Gasteiger partial charge is 0.137 e. The molecule has 0 heterocycles. The zero-order valence-corrected chi connectivity index (χ0v) is 12.5. The Labute approximate surface area is 127 Å². The van der Waals surface area contributed by atoms with Gasteiger partial charge in [0.15, 0.2) is 0 Å². The van der Waals surface area contributed by atoms with Crippen LogP contribution in [0.25, 0.3) is 0 Å². The summed E-state index contributed by atoms with van der Waals surface area (Å²) in [6, 6.07) is 10.9. The van der Waals surface area contributed by atoms with Gasteiger partial charge in [-0.3, -0.25) is 0 Å². The van der Waals surface area contributed by atoms with E-state index in [0.717, 1.165) is 11.3 Å². The second-order valence-electron chi connectivity index (χ2n) is 3.94. The Balaban J connectivity index is 2.10. The average Bonchev–Trinajstić information content (AvgIpc) is 2.40. The van der Waals surface area contributed by atoms with Gasteiger partial charge in [-0.25, -0.2) is 0 Å². The molecule has 0 bridgehead atoms. The summed E-state index contributed by atoms with van der Waals surface area (Å²) in [6.45, 7) is 0.571. The highest BCUT2D eigenvalue weighted by atomic mass is 35.5. The van der Waals surface area contributed by atoms with E-state index in [0.29, 0.717) is 27.4 Å². The Morgan fingerprint density at radius 2 is 1.79 bits per heavy atom. The first-order chi connectivity index (χ1) is 9.10. The summed E-state index contributed by atoms with van der Waals surface area (Å²) < 4.78 is 5.10. The third kappa shape index (κ3) is 3.69. The number of ether oxygens (including phenoxy) is 1. The van der Waals surface area contributed by atoms with Crippen LogP contribution in [0.1, 0.15) is 5.56 Å². The molecule has 0 aliphatic heterocycles. The molecule has 5 heteroatoms. The van der Waals surface area contributed by atoms with Gasteiger partial charge < -0.3 is 10.1 Å². The van der Waals surface area contributed by atoms with Crippen LogP contribution in [0.2, 0.25) is 15.1 Å². The number of anilines is 1. The van der Waals surface area contributed by atoms with Gasteiger partial charge in [0.05, 0.1) is 12.1 Å². The largest absolute Gasteiger partial charge is 0.495 e. The fourth-order valence-electron chi connectivity index (χ4n) is 1.65. The van der Waals surface area contributed by atoms with Crippen molar-refractivity contribution in [2.24, 2.45) is 0 Å². The van der Waals surface area contributed by atoms with Crippen molar-refractivity contribution in [2.45, 2.75) is 6.54 Å². The van der Waals surface area contributed by atoms with Crippen LogP contribution in [-0.2, 0) is 6.54 Å². The first-order valence-electron chi connectivity index (χ1n) is 5.61. The summed E-state index contributed by atoms with van der Waals surface area (Å²) in [7, 11) is 1.58. The van der Waals surface area contributed by atoms with Gasteiger partial charge in [0.1, 0.15) is 5.75 Å². The van der Waals surface area contributed by atoms with Gasteiger partial charge in [-0.2, -0.15) is 0 Å². The van der Waals surface area contributed by atoms with E-state index in [1.807, 2.05) is 18.2 Å². The first-order valence-corrected chi connectivity index (χ1v) is 6.75. The van der Waals surface area contributed by atoms with Crippen LogP contribution in [0.5, 0.6) is 5.75 Å². The molecule has 0 aliphatic rings. The van der Waals surface area contributed by atoms with Crippen LogP contribution >= 0.6 is 34.8 Å². The molecule has 0 saturated heterocycles. The van der Waals surface area contributed by atoms with E-state index < -0.39 is 0 Å². The number of nitrogens with one attached hydrogen (secondary N) is 1. The molecule has 19 heavy (non-hydrogen) atoms. The molecule has 0 fully saturated rings. The highest BCUT2D eigenvalue weighted by molar-refractivity contribution is 6.33. The molecule has 0 amide bonds. The highest BCUT2D eigenvalue weighted by Gasteiger charge is 2.04. The summed E-state index contributed by atoms with van der Waals surface area (Å²) >= 11 is 18.1. The van der Waals surface area contributed by atoms with Crippen molar-refractivity contribution in [2.75, 3.05) is 12.4 Å². The molecule has 2 aromatic carbocycles. The summed E-state index contributed by atoms with van der Waals surface area (Å²) in [6.07, 6.45) is 0. The van der Waals surface area contributed by atoms with Gasteiger partial charge in [-0.05, 0) is 42.0 Å². The van der Waals surface area contributed by atoms with E-state index in [-0.39, 0.29) is 0 Å². The van der Waals surface area contributed by atoms with Crippen LogP contribution in [0.15, 0.2) is 36.4 Å². The minimum Gasteiger partial charge on any atom is -0.495 e. The minimum absolute atomic E-state index is 0.560.